The number of nitrogens with zero attached hydrogens (tertiary/aromatic N) is 1. The number of rotatable bonds is 10. The Morgan fingerprint density at radius 2 is 1.63 bits per heavy atom. The van der Waals surface area contributed by atoms with Gasteiger partial charge in [-0.3, -0.25) is 4.79 Å². The smallest absolute Gasteiger partial charge is 0.321 e. The van der Waals surface area contributed by atoms with E-state index >= 15 is 0 Å². The van der Waals surface area contributed by atoms with E-state index in [0.29, 0.717) is 0 Å². The molecule has 0 aliphatic rings. The van der Waals surface area contributed by atoms with Gasteiger partial charge < -0.3 is 4.74 Å². The number of sulfonamides is 1. The van der Waals surface area contributed by atoms with Crippen LogP contribution in [-0.2, 0) is 32.6 Å². The molecule has 0 heterocycles. The predicted molar refractivity (Wildman–Crippen MR) is 106 cm³/mol. The Morgan fingerprint density at radius 1 is 0.963 bits per heavy atom. The van der Waals surface area contributed by atoms with Crippen molar-refractivity contribution in [2.24, 2.45) is 0 Å². The predicted octanol–water partition coefficient (Wildman–Crippen LogP) is 3.78. The largest absolute Gasteiger partial charge is 0.460 e. The molecule has 0 fully saturated rings. The highest BCUT2D eigenvalue weighted by Crippen LogP contribution is 2.16. The second kappa shape index (κ2) is 10.2. The van der Waals surface area contributed by atoms with Crippen molar-refractivity contribution in [3.05, 3.63) is 65.7 Å². The number of unbranched alkanes of at least 4 members (excludes halogenated alkanes) is 2. The van der Waals surface area contributed by atoms with Crippen molar-refractivity contribution in [1.29, 1.82) is 0 Å². The number of carbonyl (C=O) groups is 1. The molecule has 0 atom stereocenters. The number of ether oxygens (including phenoxy) is 1. The van der Waals surface area contributed by atoms with E-state index in [1.54, 1.807) is 12.1 Å². The summed E-state index contributed by atoms with van der Waals surface area (Å²) in [6.07, 6.45) is 4.34. The summed E-state index contributed by atoms with van der Waals surface area (Å²) in [5.74, 6) is -0.582. The molecule has 0 aromatic heterocycles. The van der Waals surface area contributed by atoms with E-state index in [2.05, 4.69) is 6.92 Å². The second-order valence-corrected chi connectivity index (χ2v) is 8.55. The Balaban J connectivity index is 1.91. The van der Waals surface area contributed by atoms with Gasteiger partial charge in [0.25, 0.3) is 0 Å². The Hall–Kier alpha value is -2.18. The van der Waals surface area contributed by atoms with Gasteiger partial charge in [0.1, 0.15) is 13.2 Å². The molecule has 0 saturated carbocycles. The molecule has 146 valence electrons. The van der Waals surface area contributed by atoms with E-state index in [-0.39, 0.29) is 18.0 Å². The molecule has 0 spiro atoms. The topological polar surface area (TPSA) is 63.7 Å². The maximum Gasteiger partial charge on any atom is 0.321 e. The maximum absolute atomic E-state index is 12.6. The third-order valence-electron chi connectivity index (χ3n) is 4.29. The van der Waals surface area contributed by atoms with Gasteiger partial charge in [0, 0.05) is 7.05 Å². The minimum atomic E-state index is -3.73. The SMILES string of the molecule is CCCCCc1ccc(S(=O)(=O)N(C)CC(=O)OCc2ccccc2)cc1. The lowest BCUT2D eigenvalue weighted by molar-refractivity contribution is -0.144. The molecule has 0 aliphatic heterocycles. The highest BCUT2D eigenvalue weighted by molar-refractivity contribution is 7.89. The highest BCUT2D eigenvalue weighted by atomic mass is 32.2. The number of hydrogen-bond acceptors (Lipinski definition) is 4. The summed E-state index contributed by atoms with van der Waals surface area (Å²) in [7, 11) is -2.34. The van der Waals surface area contributed by atoms with Crippen LogP contribution in [0.2, 0.25) is 0 Å². The lowest BCUT2D eigenvalue weighted by Crippen LogP contribution is -2.33. The molecule has 6 heteroatoms. The second-order valence-electron chi connectivity index (χ2n) is 6.51. The third-order valence-corrected chi connectivity index (χ3v) is 6.11. The summed E-state index contributed by atoms with van der Waals surface area (Å²) < 4.78 is 31.4. The first-order chi connectivity index (χ1) is 12.9. The van der Waals surface area contributed by atoms with Gasteiger partial charge in [-0.1, -0.05) is 62.2 Å². The van der Waals surface area contributed by atoms with Crippen molar-refractivity contribution < 1.29 is 17.9 Å². The fourth-order valence-corrected chi connectivity index (χ4v) is 3.75. The number of aryl methyl sites for hydroxylation is 1. The van der Waals surface area contributed by atoms with E-state index in [9.17, 15) is 13.2 Å². The molecule has 2 rings (SSSR count). The number of esters is 1. The van der Waals surface area contributed by atoms with Crippen LogP contribution in [0.15, 0.2) is 59.5 Å². The van der Waals surface area contributed by atoms with E-state index in [1.165, 1.54) is 7.05 Å². The van der Waals surface area contributed by atoms with Crippen LogP contribution in [0.5, 0.6) is 0 Å². The Labute approximate surface area is 162 Å². The minimum Gasteiger partial charge on any atom is -0.460 e. The molecule has 2 aromatic rings. The highest BCUT2D eigenvalue weighted by Gasteiger charge is 2.23. The van der Waals surface area contributed by atoms with Gasteiger partial charge in [-0.15, -0.1) is 0 Å². The monoisotopic (exact) mass is 389 g/mol. The summed E-state index contributed by atoms with van der Waals surface area (Å²) in [6.45, 7) is 1.95. The maximum atomic E-state index is 12.6. The van der Waals surface area contributed by atoms with Crippen LogP contribution in [0.4, 0.5) is 0 Å². The van der Waals surface area contributed by atoms with Crippen LogP contribution in [-0.4, -0.2) is 32.3 Å². The van der Waals surface area contributed by atoms with Gasteiger partial charge in [-0.2, -0.15) is 4.31 Å². The molecule has 27 heavy (non-hydrogen) atoms. The van der Waals surface area contributed by atoms with Crippen LogP contribution in [0.25, 0.3) is 0 Å². The van der Waals surface area contributed by atoms with Crippen molar-refractivity contribution in [3.63, 3.8) is 0 Å². The van der Waals surface area contributed by atoms with Gasteiger partial charge in [0.15, 0.2) is 0 Å². The number of likely N-dealkylation sites (N-methyl/N-ethyl adjacent to an activating group) is 1. The normalized spacial score (nSPS) is 11.5. The van der Waals surface area contributed by atoms with Gasteiger partial charge in [-0.05, 0) is 36.1 Å². The first-order valence-electron chi connectivity index (χ1n) is 9.18. The molecular formula is C21H27NO4S. The summed E-state index contributed by atoms with van der Waals surface area (Å²) in [5, 5.41) is 0. The zero-order chi connectivity index (χ0) is 19.7. The summed E-state index contributed by atoms with van der Waals surface area (Å²) >= 11 is 0. The average Bonchev–Trinajstić information content (AvgIpc) is 2.68. The van der Waals surface area contributed by atoms with Crippen LogP contribution < -0.4 is 0 Å². The van der Waals surface area contributed by atoms with Crippen molar-refractivity contribution in [2.45, 2.75) is 44.1 Å². The zero-order valence-electron chi connectivity index (χ0n) is 15.9. The van der Waals surface area contributed by atoms with Crippen LogP contribution >= 0.6 is 0 Å². The third kappa shape index (κ3) is 6.48. The molecule has 0 unspecified atom stereocenters. The van der Waals surface area contributed by atoms with Gasteiger partial charge in [0.05, 0.1) is 4.90 Å². The molecule has 2 aromatic carbocycles. The van der Waals surface area contributed by atoms with Crippen molar-refractivity contribution >= 4 is 16.0 Å². The quantitative estimate of drug-likeness (QED) is 0.458. The van der Waals surface area contributed by atoms with Gasteiger partial charge in [0.2, 0.25) is 10.0 Å². The standard InChI is InChI=1S/C21H27NO4S/c1-3-4-6-9-18-12-14-20(15-13-18)27(24,25)22(2)16-21(23)26-17-19-10-7-5-8-11-19/h5,7-8,10-15H,3-4,6,9,16-17H2,1-2H3. The number of benzene rings is 2. The Morgan fingerprint density at radius 3 is 2.26 bits per heavy atom. The Kier molecular flexibility index (Phi) is 8.00. The first kappa shape index (κ1) is 21.1. The lowest BCUT2D eigenvalue weighted by Gasteiger charge is -2.16. The van der Waals surface area contributed by atoms with Crippen LogP contribution in [0, 0.1) is 0 Å². The van der Waals surface area contributed by atoms with E-state index < -0.39 is 16.0 Å². The van der Waals surface area contributed by atoms with Gasteiger partial charge in [-0.25, -0.2) is 8.42 Å². The molecule has 0 saturated heterocycles. The van der Waals surface area contributed by atoms with Gasteiger partial charge >= 0.3 is 5.97 Å². The van der Waals surface area contributed by atoms with Crippen molar-refractivity contribution in [3.8, 4) is 0 Å². The zero-order valence-corrected chi connectivity index (χ0v) is 16.7. The number of carbonyl (C=O) groups excluding carboxylic acids is 1. The fraction of sp³-hybridized carbons (Fsp3) is 0.381. The van der Waals surface area contributed by atoms with Crippen molar-refractivity contribution in [2.75, 3.05) is 13.6 Å². The van der Waals surface area contributed by atoms with Crippen molar-refractivity contribution in [1.82, 2.24) is 4.31 Å². The molecule has 0 bridgehead atoms. The molecule has 0 amide bonds. The van der Waals surface area contributed by atoms with E-state index in [1.807, 2.05) is 42.5 Å². The minimum absolute atomic E-state index is 0.125. The van der Waals surface area contributed by atoms with E-state index in [0.717, 1.165) is 41.1 Å². The summed E-state index contributed by atoms with van der Waals surface area (Å²) in [4.78, 5) is 12.2. The lowest BCUT2D eigenvalue weighted by atomic mass is 10.1. The first-order valence-corrected chi connectivity index (χ1v) is 10.6. The fourth-order valence-electron chi connectivity index (χ4n) is 2.64. The summed E-state index contributed by atoms with van der Waals surface area (Å²) in [5.41, 5.74) is 1.97. The molecule has 0 aliphatic carbocycles. The van der Waals surface area contributed by atoms with E-state index in [4.69, 9.17) is 4.74 Å². The molecule has 0 N–H and O–H groups in total. The Bertz CT molecular complexity index is 817. The molecule has 0 radical (unpaired) electrons. The number of hydrogen-bond donors (Lipinski definition) is 0. The van der Waals surface area contributed by atoms with Crippen LogP contribution in [0.3, 0.4) is 0 Å². The van der Waals surface area contributed by atoms with Crippen LogP contribution in [0.1, 0.15) is 37.3 Å². The average molecular weight is 390 g/mol. The molecular weight excluding hydrogens is 362 g/mol. The summed E-state index contributed by atoms with van der Waals surface area (Å²) in [6, 6.07) is 16.1. The molecule has 5 nitrogen and oxygen atoms in total.